The van der Waals surface area contributed by atoms with Crippen LogP contribution in [0.3, 0.4) is 0 Å². The van der Waals surface area contributed by atoms with E-state index in [-0.39, 0.29) is 18.5 Å². The van der Waals surface area contributed by atoms with E-state index in [1.54, 1.807) is 11.8 Å². The molecule has 0 radical (unpaired) electrons. The summed E-state index contributed by atoms with van der Waals surface area (Å²) in [6, 6.07) is 5.62. The Balaban J connectivity index is 1.37. The molecule has 3 aromatic rings. The monoisotopic (exact) mass is 430 g/mol. The summed E-state index contributed by atoms with van der Waals surface area (Å²) in [7, 11) is 3.39. The second-order valence-corrected chi connectivity index (χ2v) is 7.47. The minimum Gasteiger partial charge on any atom is -0.479 e. The normalized spacial score (nSPS) is 12.2. The highest BCUT2D eigenvalue weighted by atomic mass is 32.2. The third-order valence-corrected chi connectivity index (χ3v) is 5.49. The predicted octanol–water partition coefficient (Wildman–Crippen LogP) is 1.84. The van der Waals surface area contributed by atoms with Gasteiger partial charge in [-0.05, 0) is 24.6 Å². The van der Waals surface area contributed by atoms with Crippen LogP contribution in [-0.4, -0.2) is 50.1 Å². The van der Waals surface area contributed by atoms with E-state index in [2.05, 4.69) is 20.6 Å². The van der Waals surface area contributed by atoms with Crippen LogP contribution in [0.2, 0.25) is 0 Å². The van der Waals surface area contributed by atoms with Gasteiger partial charge in [0.05, 0.1) is 12.9 Å². The second-order valence-electron chi connectivity index (χ2n) is 6.53. The maximum absolute atomic E-state index is 12.3. The Morgan fingerprint density at radius 3 is 2.93 bits per heavy atom. The van der Waals surface area contributed by atoms with E-state index in [9.17, 15) is 4.79 Å². The van der Waals surface area contributed by atoms with Crippen LogP contribution >= 0.6 is 11.8 Å². The van der Waals surface area contributed by atoms with Gasteiger partial charge in [-0.3, -0.25) is 9.48 Å². The SMILES string of the molecule is CCn1c(SCC(=O)NCc2ccc3c(c2)OCO3)nnc1-c1cn(C)nc1OC. The van der Waals surface area contributed by atoms with Gasteiger partial charge >= 0.3 is 0 Å². The van der Waals surface area contributed by atoms with E-state index >= 15 is 0 Å². The van der Waals surface area contributed by atoms with Gasteiger partial charge in [0, 0.05) is 26.3 Å². The van der Waals surface area contributed by atoms with E-state index in [1.165, 1.54) is 11.8 Å². The molecule has 11 heteroatoms. The minimum absolute atomic E-state index is 0.0937. The molecule has 0 unspecified atom stereocenters. The van der Waals surface area contributed by atoms with Crippen molar-refractivity contribution in [2.75, 3.05) is 19.7 Å². The highest BCUT2D eigenvalue weighted by molar-refractivity contribution is 7.99. The smallest absolute Gasteiger partial charge is 0.243 e. The van der Waals surface area contributed by atoms with E-state index < -0.39 is 0 Å². The zero-order valence-corrected chi connectivity index (χ0v) is 17.7. The lowest BCUT2D eigenvalue weighted by Crippen LogP contribution is -2.24. The number of hydrogen-bond acceptors (Lipinski definition) is 8. The Bertz CT molecular complexity index is 1060. The molecule has 10 nitrogen and oxygen atoms in total. The third-order valence-electron chi connectivity index (χ3n) is 4.52. The Kier molecular flexibility index (Phi) is 5.79. The summed E-state index contributed by atoms with van der Waals surface area (Å²) in [4.78, 5) is 12.3. The molecule has 2 aromatic heterocycles. The molecular formula is C19H22N6O4S. The number of amides is 1. The summed E-state index contributed by atoms with van der Waals surface area (Å²) in [6.45, 7) is 3.29. The van der Waals surface area contributed by atoms with Gasteiger partial charge in [-0.25, -0.2) is 0 Å². The third kappa shape index (κ3) is 4.06. The van der Waals surface area contributed by atoms with E-state index in [0.717, 1.165) is 16.9 Å². The van der Waals surface area contributed by atoms with Crippen molar-refractivity contribution >= 4 is 17.7 Å². The number of fused-ring (bicyclic) bond motifs is 1. The highest BCUT2D eigenvalue weighted by Gasteiger charge is 2.20. The predicted molar refractivity (Wildman–Crippen MR) is 110 cm³/mol. The van der Waals surface area contributed by atoms with Gasteiger partial charge < -0.3 is 24.1 Å². The standard InChI is InChI=1S/C19H22N6O4S/c1-4-25-17(13-9-24(2)23-18(13)27-3)21-22-19(25)30-10-16(26)20-8-12-5-6-14-15(7-12)29-11-28-14/h5-7,9H,4,8,10-11H2,1-3H3,(H,20,26). The lowest BCUT2D eigenvalue weighted by Gasteiger charge is -2.08. The number of carbonyl (C=O) groups excluding carboxylic acids is 1. The number of carbonyl (C=O) groups is 1. The number of rotatable bonds is 8. The molecule has 158 valence electrons. The first kappa shape index (κ1) is 20.1. The van der Waals surface area contributed by atoms with Crippen LogP contribution in [0.5, 0.6) is 17.4 Å². The Hall–Kier alpha value is -3.21. The number of aromatic nitrogens is 5. The number of ether oxygens (including phenoxy) is 3. The number of methoxy groups -OCH3 is 1. The molecule has 1 amide bonds. The molecule has 4 rings (SSSR count). The number of nitrogens with zero attached hydrogens (tertiary/aromatic N) is 5. The fourth-order valence-electron chi connectivity index (χ4n) is 3.08. The maximum atomic E-state index is 12.3. The van der Waals surface area contributed by atoms with Crippen molar-refractivity contribution in [1.82, 2.24) is 29.9 Å². The summed E-state index contributed by atoms with van der Waals surface area (Å²) in [6.07, 6.45) is 1.83. The first-order chi connectivity index (χ1) is 14.6. The minimum atomic E-state index is -0.0937. The fraction of sp³-hybridized carbons (Fsp3) is 0.368. The molecule has 0 bridgehead atoms. The van der Waals surface area contributed by atoms with Crippen LogP contribution in [0.1, 0.15) is 12.5 Å². The number of aryl methyl sites for hydroxylation is 1. The van der Waals surface area contributed by atoms with E-state index in [1.807, 2.05) is 42.9 Å². The lowest BCUT2D eigenvalue weighted by atomic mass is 10.2. The van der Waals surface area contributed by atoms with Gasteiger partial charge in [0.15, 0.2) is 22.5 Å². The summed E-state index contributed by atoms with van der Waals surface area (Å²) in [5.41, 5.74) is 1.70. The molecule has 0 aliphatic carbocycles. The van der Waals surface area contributed by atoms with Gasteiger partial charge in [-0.2, -0.15) is 0 Å². The van der Waals surface area contributed by atoms with Gasteiger partial charge in [-0.15, -0.1) is 15.3 Å². The van der Waals surface area contributed by atoms with Gasteiger partial charge in [0.25, 0.3) is 0 Å². The largest absolute Gasteiger partial charge is 0.479 e. The summed E-state index contributed by atoms with van der Waals surface area (Å²) in [5, 5.41) is 16.4. The van der Waals surface area contributed by atoms with Crippen molar-refractivity contribution in [2.45, 2.75) is 25.2 Å². The quantitative estimate of drug-likeness (QED) is 0.540. The van der Waals surface area contributed by atoms with Crippen LogP contribution in [0, 0.1) is 0 Å². The van der Waals surface area contributed by atoms with Crippen molar-refractivity contribution in [2.24, 2.45) is 7.05 Å². The van der Waals surface area contributed by atoms with Crippen molar-refractivity contribution in [3.63, 3.8) is 0 Å². The molecular weight excluding hydrogens is 408 g/mol. The van der Waals surface area contributed by atoms with Crippen LogP contribution < -0.4 is 19.5 Å². The molecule has 1 N–H and O–H groups in total. The topological polar surface area (TPSA) is 105 Å². The van der Waals surface area contributed by atoms with Crippen molar-refractivity contribution < 1.29 is 19.0 Å². The van der Waals surface area contributed by atoms with Gasteiger partial charge in [-0.1, -0.05) is 17.8 Å². The summed E-state index contributed by atoms with van der Waals surface area (Å²) < 4.78 is 19.6. The van der Waals surface area contributed by atoms with Gasteiger partial charge in [0.2, 0.25) is 18.6 Å². The summed E-state index contributed by atoms with van der Waals surface area (Å²) in [5.74, 6) is 2.70. The number of thioether (sulfide) groups is 1. The average Bonchev–Trinajstić information content (AvgIpc) is 3.47. The fourth-order valence-corrected chi connectivity index (χ4v) is 3.92. The van der Waals surface area contributed by atoms with Crippen LogP contribution in [0.25, 0.3) is 11.4 Å². The molecule has 3 heterocycles. The lowest BCUT2D eigenvalue weighted by molar-refractivity contribution is -0.118. The van der Waals surface area contributed by atoms with Crippen LogP contribution in [0.15, 0.2) is 29.6 Å². The summed E-state index contributed by atoms with van der Waals surface area (Å²) >= 11 is 1.34. The molecule has 0 saturated carbocycles. The second kappa shape index (κ2) is 8.66. The number of nitrogens with one attached hydrogen (secondary N) is 1. The van der Waals surface area contributed by atoms with Gasteiger partial charge in [0.1, 0.15) is 5.56 Å². The Morgan fingerprint density at radius 2 is 2.13 bits per heavy atom. The molecule has 0 spiro atoms. The maximum Gasteiger partial charge on any atom is 0.243 e. The molecule has 0 atom stereocenters. The highest BCUT2D eigenvalue weighted by Crippen LogP contribution is 2.32. The van der Waals surface area contributed by atoms with Crippen molar-refractivity contribution in [3.8, 4) is 28.8 Å². The Labute approximate surface area is 177 Å². The van der Waals surface area contributed by atoms with Crippen molar-refractivity contribution in [3.05, 3.63) is 30.0 Å². The molecule has 1 aliphatic rings. The van der Waals surface area contributed by atoms with Crippen LogP contribution in [0.4, 0.5) is 0 Å². The Morgan fingerprint density at radius 1 is 1.30 bits per heavy atom. The first-order valence-electron chi connectivity index (χ1n) is 9.38. The number of hydrogen-bond donors (Lipinski definition) is 1. The molecule has 0 saturated heterocycles. The van der Waals surface area contributed by atoms with Crippen molar-refractivity contribution in [1.29, 1.82) is 0 Å². The molecule has 0 fully saturated rings. The van der Waals surface area contributed by atoms with E-state index in [0.29, 0.717) is 35.7 Å². The zero-order chi connectivity index (χ0) is 21.1. The number of benzene rings is 1. The van der Waals surface area contributed by atoms with Crippen LogP contribution in [-0.2, 0) is 24.9 Å². The average molecular weight is 430 g/mol. The van der Waals surface area contributed by atoms with E-state index in [4.69, 9.17) is 14.2 Å². The molecule has 30 heavy (non-hydrogen) atoms. The first-order valence-corrected chi connectivity index (χ1v) is 10.4. The molecule has 1 aromatic carbocycles. The molecule has 1 aliphatic heterocycles. The zero-order valence-electron chi connectivity index (χ0n) is 16.9.